The lowest BCUT2D eigenvalue weighted by molar-refractivity contribution is -0.137. The van der Waals surface area contributed by atoms with Crippen LogP contribution >= 0.6 is 7.14 Å². The maximum absolute atomic E-state index is 13.8. The van der Waals surface area contributed by atoms with Crippen molar-refractivity contribution in [2.24, 2.45) is 11.7 Å². The van der Waals surface area contributed by atoms with E-state index in [1.165, 1.54) is 6.20 Å². The maximum Gasteiger partial charge on any atom is 0.419 e. The Hall–Kier alpha value is -2.38. The molecule has 0 bridgehead atoms. The zero-order valence-corrected chi connectivity index (χ0v) is 18.2. The molecule has 0 spiro atoms. The molecule has 1 unspecified atom stereocenters. The molecule has 31 heavy (non-hydrogen) atoms. The number of nitrogens with zero attached hydrogens (tertiary/aromatic N) is 2. The minimum Gasteiger partial charge on any atom is -0.360 e. The van der Waals surface area contributed by atoms with Crippen molar-refractivity contribution in [3.05, 3.63) is 36.2 Å². The van der Waals surface area contributed by atoms with Gasteiger partial charge in [0.1, 0.15) is 12.7 Å². The highest BCUT2D eigenvalue weighted by atomic mass is 31.2. The van der Waals surface area contributed by atoms with Crippen LogP contribution in [0.25, 0.3) is 22.2 Å². The third kappa shape index (κ3) is 4.21. The van der Waals surface area contributed by atoms with E-state index in [0.29, 0.717) is 28.3 Å². The lowest BCUT2D eigenvalue weighted by Crippen LogP contribution is -2.30. The number of halogens is 3. The summed E-state index contributed by atoms with van der Waals surface area (Å²) in [6.45, 7) is 3.77. The Labute approximate surface area is 178 Å². The number of nitrogens with two attached hydrogens (primary N) is 1. The van der Waals surface area contributed by atoms with Gasteiger partial charge in [0.15, 0.2) is 0 Å². The molecule has 1 aliphatic rings. The molecule has 6 nitrogen and oxygen atoms in total. The Balaban J connectivity index is 1.84. The first kappa shape index (κ1) is 21.8. The molecule has 166 valence electrons. The standard InChI is InChI=1S/C21H25F3N5OP/c1-31(2,30)17-8-4-6-13-14(10-26-19(13)17)18-15(21(22,23)24)11-27-20(29-18)28-16-7-3-5-12(16)9-25/h4,6,8,10-12,16,26H,3,5,7,9,25H2,1-2H3,(H,27,28,29)/t12?,16-/m0/s1. The second-order valence-corrected chi connectivity index (χ2v) is 11.6. The molecule has 1 fully saturated rings. The van der Waals surface area contributed by atoms with Crippen LogP contribution in [0.3, 0.4) is 0 Å². The van der Waals surface area contributed by atoms with E-state index in [0.717, 1.165) is 25.5 Å². The monoisotopic (exact) mass is 451 g/mol. The average molecular weight is 451 g/mol. The lowest BCUT2D eigenvalue weighted by atomic mass is 10.0. The number of hydrogen-bond acceptors (Lipinski definition) is 5. The quantitative estimate of drug-likeness (QED) is 0.499. The van der Waals surface area contributed by atoms with Gasteiger partial charge in [0.25, 0.3) is 0 Å². The summed E-state index contributed by atoms with van der Waals surface area (Å²) in [5, 5.41) is 4.31. The van der Waals surface area contributed by atoms with Gasteiger partial charge in [-0.25, -0.2) is 9.97 Å². The molecule has 10 heteroatoms. The van der Waals surface area contributed by atoms with E-state index in [-0.39, 0.29) is 23.6 Å². The summed E-state index contributed by atoms with van der Waals surface area (Å²) in [4.78, 5) is 11.2. The lowest BCUT2D eigenvalue weighted by Gasteiger charge is -2.20. The molecular weight excluding hydrogens is 426 g/mol. The number of H-pyrrole nitrogens is 1. The van der Waals surface area contributed by atoms with Gasteiger partial charge >= 0.3 is 6.18 Å². The summed E-state index contributed by atoms with van der Waals surface area (Å²) in [6.07, 6.45) is 0.550. The van der Waals surface area contributed by atoms with Crippen molar-refractivity contribution in [1.82, 2.24) is 15.0 Å². The Morgan fingerprint density at radius 2 is 2.06 bits per heavy atom. The molecule has 1 aromatic carbocycles. The van der Waals surface area contributed by atoms with Gasteiger partial charge in [-0.2, -0.15) is 13.2 Å². The third-order valence-electron chi connectivity index (χ3n) is 5.90. The molecule has 3 aromatic rings. The maximum atomic E-state index is 13.8. The number of nitrogens with one attached hydrogen (secondary N) is 2. The van der Waals surface area contributed by atoms with E-state index in [1.807, 2.05) is 0 Å². The van der Waals surface area contributed by atoms with Crippen LogP contribution < -0.4 is 16.4 Å². The average Bonchev–Trinajstić information content (AvgIpc) is 3.32. The number of benzene rings is 1. The fraction of sp³-hybridized carbons (Fsp3) is 0.429. The van der Waals surface area contributed by atoms with Crippen molar-refractivity contribution in [1.29, 1.82) is 0 Å². The summed E-state index contributed by atoms with van der Waals surface area (Å²) in [7, 11) is -2.64. The topological polar surface area (TPSA) is 96.7 Å². The van der Waals surface area contributed by atoms with E-state index < -0.39 is 18.9 Å². The number of aromatic nitrogens is 3. The van der Waals surface area contributed by atoms with Crippen LogP contribution in [-0.2, 0) is 10.7 Å². The van der Waals surface area contributed by atoms with Crippen LogP contribution in [0.2, 0.25) is 0 Å². The minimum atomic E-state index is -4.62. The van der Waals surface area contributed by atoms with Crippen LogP contribution in [0.15, 0.2) is 30.6 Å². The Kier molecular flexibility index (Phi) is 5.60. The highest BCUT2D eigenvalue weighted by Gasteiger charge is 2.36. The molecule has 2 atom stereocenters. The largest absolute Gasteiger partial charge is 0.419 e. The molecule has 0 saturated heterocycles. The Morgan fingerprint density at radius 3 is 2.74 bits per heavy atom. The number of fused-ring (bicyclic) bond motifs is 1. The van der Waals surface area contributed by atoms with E-state index in [1.54, 1.807) is 31.5 Å². The summed E-state index contributed by atoms with van der Waals surface area (Å²) in [5.41, 5.74) is 5.55. The van der Waals surface area contributed by atoms with E-state index in [4.69, 9.17) is 5.73 Å². The van der Waals surface area contributed by atoms with Gasteiger partial charge in [0.2, 0.25) is 5.95 Å². The number of para-hydroxylation sites is 1. The van der Waals surface area contributed by atoms with Crippen molar-refractivity contribution in [3.8, 4) is 11.3 Å². The smallest absolute Gasteiger partial charge is 0.360 e. The van der Waals surface area contributed by atoms with Crippen molar-refractivity contribution in [2.45, 2.75) is 31.5 Å². The summed E-state index contributed by atoms with van der Waals surface area (Å²) >= 11 is 0. The minimum absolute atomic E-state index is 0.0372. The van der Waals surface area contributed by atoms with Crippen LogP contribution in [0, 0.1) is 5.92 Å². The molecule has 1 saturated carbocycles. The van der Waals surface area contributed by atoms with Crippen molar-refractivity contribution >= 4 is 29.3 Å². The van der Waals surface area contributed by atoms with E-state index in [2.05, 4.69) is 20.3 Å². The van der Waals surface area contributed by atoms with E-state index in [9.17, 15) is 17.7 Å². The second kappa shape index (κ2) is 7.95. The normalized spacial score (nSPS) is 19.8. The predicted molar refractivity (Wildman–Crippen MR) is 117 cm³/mol. The fourth-order valence-corrected chi connectivity index (χ4v) is 5.49. The molecule has 2 heterocycles. The van der Waals surface area contributed by atoms with E-state index >= 15 is 0 Å². The Morgan fingerprint density at radius 1 is 1.29 bits per heavy atom. The van der Waals surface area contributed by atoms with Crippen molar-refractivity contribution in [3.63, 3.8) is 0 Å². The first-order chi connectivity index (χ1) is 14.6. The summed E-state index contributed by atoms with van der Waals surface area (Å²) in [6, 6.07) is 5.17. The SMILES string of the molecule is CP(C)(=O)c1cccc2c(-c3nc(N[C@H]4CCCC4CN)ncc3C(F)(F)F)c[nH]c12. The van der Waals surface area contributed by atoms with Crippen LogP contribution in [0.5, 0.6) is 0 Å². The van der Waals surface area contributed by atoms with Gasteiger partial charge in [0, 0.05) is 34.7 Å². The molecule has 0 amide bonds. The summed E-state index contributed by atoms with van der Waals surface area (Å²) < 4.78 is 54.0. The highest BCUT2D eigenvalue weighted by molar-refractivity contribution is 7.70. The highest BCUT2D eigenvalue weighted by Crippen LogP contribution is 2.42. The number of aromatic amines is 1. The van der Waals surface area contributed by atoms with Crippen molar-refractivity contribution < 1.29 is 17.7 Å². The molecule has 4 N–H and O–H groups in total. The number of hydrogen-bond donors (Lipinski definition) is 3. The van der Waals surface area contributed by atoms with Gasteiger partial charge in [0.05, 0.1) is 11.2 Å². The number of alkyl halides is 3. The zero-order valence-electron chi connectivity index (χ0n) is 17.3. The first-order valence-electron chi connectivity index (χ1n) is 10.2. The molecule has 2 aromatic heterocycles. The molecule has 0 radical (unpaired) electrons. The molecule has 0 aliphatic heterocycles. The van der Waals surface area contributed by atoms with Crippen LogP contribution in [0.1, 0.15) is 24.8 Å². The third-order valence-corrected chi connectivity index (χ3v) is 7.43. The number of rotatable bonds is 5. The van der Waals surface area contributed by atoms with Crippen LogP contribution in [-0.4, -0.2) is 40.9 Å². The van der Waals surface area contributed by atoms with Gasteiger partial charge < -0.3 is 20.6 Å². The Bertz CT molecular complexity index is 1150. The van der Waals surface area contributed by atoms with Gasteiger partial charge in [-0.15, -0.1) is 0 Å². The predicted octanol–water partition coefficient (Wildman–Crippen LogP) is 4.43. The fourth-order valence-electron chi connectivity index (χ4n) is 4.32. The first-order valence-corrected chi connectivity index (χ1v) is 12.8. The molecule has 4 rings (SSSR count). The van der Waals surface area contributed by atoms with Gasteiger partial charge in [-0.05, 0) is 44.7 Å². The number of anilines is 1. The molecule has 1 aliphatic carbocycles. The summed E-state index contributed by atoms with van der Waals surface area (Å²) in [5.74, 6) is 0.392. The molecular formula is C21H25F3N5OP. The van der Waals surface area contributed by atoms with Crippen LogP contribution in [0.4, 0.5) is 19.1 Å². The van der Waals surface area contributed by atoms with Gasteiger partial charge in [-0.1, -0.05) is 18.6 Å². The second-order valence-electron chi connectivity index (χ2n) is 8.38. The zero-order chi connectivity index (χ0) is 22.4. The van der Waals surface area contributed by atoms with Gasteiger partial charge in [-0.3, -0.25) is 0 Å². The van der Waals surface area contributed by atoms with Crippen molar-refractivity contribution in [2.75, 3.05) is 25.2 Å².